The molecule has 0 saturated carbocycles. The van der Waals surface area contributed by atoms with Gasteiger partial charge in [0.05, 0.1) is 0 Å². The van der Waals surface area contributed by atoms with E-state index in [2.05, 4.69) is 52.0 Å². The summed E-state index contributed by atoms with van der Waals surface area (Å²) in [6.07, 6.45) is 2.56. The van der Waals surface area contributed by atoms with Gasteiger partial charge < -0.3 is 0 Å². The number of aryl methyl sites for hydroxylation is 1. The van der Waals surface area contributed by atoms with Gasteiger partial charge in [-0.25, -0.2) is 0 Å². The minimum absolute atomic E-state index is 0.361. The summed E-state index contributed by atoms with van der Waals surface area (Å²) >= 11 is 0. The second-order valence-corrected chi connectivity index (χ2v) is 5.74. The smallest absolute Gasteiger partial charge is 0.00209 e. The van der Waals surface area contributed by atoms with Crippen molar-refractivity contribution in [3.63, 3.8) is 0 Å². The van der Waals surface area contributed by atoms with Crippen molar-refractivity contribution in [1.82, 2.24) is 0 Å². The Morgan fingerprint density at radius 3 is 2.43 bits per heavy atom. The third-order valence-electron chi connectivity index (χ3n) is 4.16. The van der Waals surface area contributed by atoms with Crippen molar-refractivity contribution < 1.29 is 0 Å². The second-order valence-electron chi connectivity index (χ2n) is 5.74. The van der Waals surface area contributed by atoms with E-state index in [9.17, 15) is 0 Å². The summed E-state index contributed by atoms with van der Waals surface area (Å²) < 4.78 is 0. The molecule has 0 aromatic heterocycles. The Kier molecular flexibility index (Phi) is 1.99. The van der Waals surface area contributed by atoms with Gasteiger partial charge in [0.1, 0.15) is 0 Å². The summed E-state index contributed by atoms with van der Waals surface area (Å²) in [7, 11) is 0. The summed E-state index contributed by atoms with van der Waals surface area (Å²) in [5.74, 6) is 0. The molecule has 0 N–H and O–H groups in total. The van der Waals surface area contributed by atoms with Gasteiger partial charge in [-0.2, -0.15) is 0 Å². The Hall–Kier alpha value is -0.780. The van der Waals surface area contributed by atoms with Gasteiger partial charge in [0.15, 0.2) is 0 Å². The molecule has 1 aromatic rings. The molecule has 0 heterocycles. The Morgan fingerprint density at radius 1 is 1.14 bits per heavy atom. The molecule has 1 unspecified atom stereocenters. The van der Waals surface area contributed by atoms with Crippen LogP contribution in [0.25, 0.3) is 0 Å². The van der Waals surface area contributed by atoms with E-state index >= 15 is 0 Å². The zero-order chi connectivity index (χ0) is 10.4. The van der Waals surface area contributed by atoms with Crippen LogP contribution in [-0.4, -0.2) is 0 Å². The van der Waals surface area contributed by atoms with E-state index in [1.165, 1.54) is 12.8 Å². The number of hydrogen-bond donors (Lipinski definition) is 0. The minimum Gasteiger partial charge on any atom is -0.0620 e. The van der Waals surface area contributed by atoms with E-state index in [1.54, 1.807) is 11.1 Å². The molecule has 0 saturated heterocycles. The van der Waals surface area contributed by atoms with Crippen molar-refractivity contribution in [2.75, 3.05) is 0 Å². The van der Waals surface area contributed by atoms with Crippen LogP contribution in [-0.2, 0) is 11.8 Å². The first-order chi connectivity index (χ1) is 6.45. The van der Waals surface area contributed by atoms with Gasteiger partial charge >= 0.3 is 0 Å². The molecular weight excluding hydrogens is 168 g/mol. The van der Waals surface area contributed by atoms with Crippen molar-refractivity contribution in [2.45, 2.75) is 46.0 Å². The van der Waals surface area contributed by atoms with E-state index in [0.29, 0.717) is 10.8 Å². The quantitative estimate of drug-likeness (QED) is 0.578. The van der Waals surface area contributed by atoms with E-state index in [-0.39, 0.29) is 0 Å². The topological polar surface area (TPSA) is 0 Å². The number of fused-ring (bicyclic) bond motifs is 1. The average molecular weight is 188 g/mol. The van der Waals surface area contributed by atoms with Crippen LogP contribution >= 0.6 is 0 Å². The van der Waals surface area contributed by atoms with Crippen molar-refractivity contribution in [1.29, 1.82) is 0 Å². The molecule has 0 fully saturated rings. The second kappa shape index (κ2) is 2.85. The van der Waals surface area contributed by atoms with E-state index in [0.717, 1.165) is 0 Å². The number of benzene rings is 1. The molecule has 0 radical (unpaired) electrons. The highest BCUT2D eigenvalue weighted by Gasteiger charge is 2.43. The lowest BCUT2D eigenvalue weighted by Gasteiger charge is -2.39. The number of rotatable bonds is 0. The Labute approximate surface area is 87.3 Å². The molecule has 0 aliphatic heterocycles. The maximum Gasteiger partial charge on any atom is -0.00209 e. The maximum absolute atomic E-state index is 2.42. The summed E-state index contributed by atoms with van der Waals surface area (Å²) in [5, 5.41) is 0. The lowest BCUT2D eigenvalue weighted by molar-refractivity contribution is 0.203. The van der Waals surface area contributed by atoms with E-state index in [1.807, 2.05) is 0 Å². The lowest BCUT2D eigenvalue weighted by Crippen LogP contribution is -2.34. The fourth-order valence-electron chi connectivity index (χ4n) is 2.57. The summed E-state index contributed by atoms with van der Waals surface area (Å²) in [5.41, 5.74) is 3.86. The Bertz CT molecular complexity index is 343. The predicted molar refractivity (Wildman–Crippen MR) is 61.6 cm³/mol. The van der Waals surface area contributed by atoms with Crippen LogP contribution in [0.3, 0.4) is 0 Å². The molecule has 0 spiro atoms. The number of hydrogen-bond acceptors (Lipinski definition) is 0. The van der Waals surface area contributed by atoms with Crippen LogP contribution in [0.2, 0.25) is 0 Å². The van der Waals surface area contributed by atoms with Gasteiger partial charge in [0, 0.05) is 0 Å². The molecule has 76 valence electrons. The molecular formula is C14H20. The van der Waals surface area contributed by atoms with Crippen LogP contribution < -0.4 is 0 Å². The van der Waals surface area contributed by atoms with Crippen molar-refractivity contribution >= 4 is 0 Å². The van der Waals surface area contributed by atoms with Crippen molar-refractivity contribution in [3.05, 3.63) is 35.4 Å². The highest BCUT2D eigenvalue weighted by molar-refractivity contribution is 5.40. The minimum atomic E-state index is 0.361. The van der Waals surface area contributed by atoms with Gasteiger partial charge in [-0.15, -0.1) is 0 Å². The zero-order valence-electron chi connectivity index (χ0n) is 9.72. The first kappa shape index (κ1) is 9.76. The van der Waals surface area contributed by atoms with Gasteiger partial charge in [-0.3, -0.25) is 0 Å². The van der Waals surface area contributed by atoms with Crippen LogP contribution in [0.1, 0.15) is 45.2 Å². The maximum atomic E-state index is 2.42. The third-order valence-corrected chi connectivity index (χ3v) is 4.16. The first-order valence-electron chi connectivity index (χ1n) is 5.53. The Balaban J connectivity index is 2.53. The van der Waals surface area contributed by atoms with Gasteiger partial charge in [-0.1, -0.05) is 52.0 Å². The molecule has 1 aromatic carbocycles. The molecule has 1 aliphatic carbocycles. The molecule has 0 nitrogen and oxygen atoms in total. The first-order valence-corrected chi connectivity index (χ1v) is 5.53. The van der Waals surface area contributed by atoms with Crippen LogP contribution in [0.5, 0.6) is 0 Å². The van der Waals surface area contributed by atoms with Crippen LogP contribution in [0, 0.1) is 5.41 Å². The fraction of sp³-hybridized carbons (Fsp3) is 0.571. The predicted octanol–water partition coefficient (Wildman–Crippen LogP) is 3.94. The van der Waals surface area contributed by atoms with Crippen molar-refractivity contribution in [2.24, 2.45) is 5.41 Å². The fourth-order valence-corrected chi connectivity index (χ4v) is 2.57. The standard InChI is InChI=1S/C14H20/c1-13(2,3)14(4)10-9-11-7-5-6-8-12(11)14/h5-8H,9-10H2,1-4H3. The largest absolute Gasteiger partial charge is 0.0620 e. The average Bonchev–Trinajstić information content (AvgIpc) is 2.45. The van der Waals surface area contributed by atoms with Crippen LogP contribution in [0.15, 0.2) is 24.3 Å². The highest BCUT2D eigenvalue weighted by atomic mass is 14.5. The summed E-state index contributed by atoms with van der Waals surface area (Å²) in [4.78, 5) is 0. The molecule has 0 amide bonds. The summed E-state index contributed by atoms with van der Waals surface area (Å²) in [6.45, 7) is 9.48. The molecule has 14 heavy (non-hydrogen) atoms. The summed E-state index contributed by atoms with van der Waals surface area (Å²) in [6, 6.07) is 8.93. The Morgan fingerprint density at radius 2 is 1.79 bits per heavy atom. The normalized spacial score (nSPS) is 26.3. The van der Waals surface area contributed by atoms with Crippen molar-refractivity contribution in [3.8, 4) is 0 Å². The molecule has 1 atom stereocenters. The third kappa shape index (κ3) is 1.20. The van der Waals surface area contributed by atoms with Gasteiger partial charge in [0.25, 0.3) is 0 Å². The van der Waals surface area contributed by atoms with Gasteiger partial charge in [-0.05, 0) is 34.8 Å². The van der Waals surface area contributed by atoms with E-state index in [4.69, 9.17) is 0 Å². The lowest BCUT2D eigenvalue weighted by atomic mass is 9.65. The molecule has 2 rings (SSSR count). The van der Waals surface area contributed by atoms with Crippen LogP contribution in [0.4, 0.5) is 0 Å². The zero-order valence-corrected chi connectivity index (χ0v) is 9.72. The molecule has 0 heteroatoms. The highest BCUT2D eigenvalue weighted by Crippen LogP contribution is 2.49. The monoisotopic (exact) mass is 188 g/mol. The molecule has 0 bridgehead atoms. The van der Waals surface area contributed by atoms with E-state index < -0.39 is 0 Å². The SMILES string of the molecule is CC(C)(C)C1(C)CCc2ccccc21. The van der Waals surface area contributed by atoms with Gasteiger partial charge in [0.2, 0.25) is 0 Å². The molecule has 1 aliphatic rings.